The number of Topliss-reactive ketones (excluding diaryl/α,β-unsaturated/α-hetero) is 1. The number of hydrogen-bond acceptors (Lipinski definition) is 4. The Morgan fingerprint density at radius 2 is 1.21 bits per heavy atom. The van der Waals surface area contributed by atoms with Crippen molar-refractivity contribution in [2.24, 2.45) is 5.92 Å². The molecule has 4 aromatic rings. The number of para-hydroxylation sites is 2. The molecule has 1 saturated heterocycles. The molecule has 5 rings (SSSR count). The lowest BCUT2D eigenvalue weighted by Crippen LogP contribution is -2.41. The standard InChI is InChI=1S/C28H22N2O4/c31-24(20-11-4-1-5-12-20)19-23(25-17-10-18-34-25)26-27(32)29(21-13-6-2-7-14-21)30(28(26)33)22-15-8-3-9-16-22/h1-18,23,26H,19H2. The zero-order valence-corrected chi connectivity index (χ0v) is 18.3. The van der Waals surface area contributed by atoms with Gasteiger partial charge in [0.05, 0.1) is 17.6 Å². The maximum absolute atomic E-state index is 13.9. The highest BCUT2D eigenvalue weighted by molar-refractivity contribution is 6.23. The Bertz CT molecular complexity index is 1230. The largest absolute Gasteiger partial charge is 0.469 e. The van der Waals surface area contributed by atoms with Gasteiger partial charge in [-0.1, -0.05) is 66.7 Å². The first-order chi connectivity index (χ1) is 16.6. The second kappa shape index (κ2) is 9.19. The summed E-state index contributed by atoms with van der Waals surface area (Å²) < 4.78 is 5.63. The zero-order chi connectivity index (χ0) is 23.5. The number of amides is 2. The van der Waals surface area contributed by atoms with Crippen LogP contribution in [0.3, 0.4) is 0 Å². The number of benzene rings is 3. The monoisotopic (exact) mass is 450 g/mol. The van der Waals surface area contributed by atoms with Gasteiger partial charge in [0.1, 0.15) is 11.7 Å². The van der Waals surface area contributed by atoms with E-state index in [1.807, 2.05) is 42.5 Å². The van der Waals surface area contributed by atoms with Crippen molar-refractivity contribution in [2.45, 2.75) is 12.3 Å². The van der Waals surface area contributed by atoms with Crippen LogP contribution in [0, 0.1) is 5.92 Å². The molecule has 6 heteroatoms. The van der Waals surface area contributed by atoms with Crippen molar-refractivity contribution in [1.29, 1.82) is 0 Å². The predicted octanol–water partition coefficient (Wildman–Crippen LogP) is 5.25. The van der Waals surface area contributed by atoms with Gasteiger partial charge in [0, 0.05) is 17.9 Å². The Morgan fingerprint density at radius 1 is 0.706 bits per heavy atom. The fraction of sp³-hybridized carbons (Fsp3) is 0.107. The maximum atomic E-state index is 13.9. The van der Waals surface area contributed by atoms with E-state index in [-0.39, 0.29) is 12.2 Å². The van der Waals surface area contributed by atoms with Gasteiger partial charge in [-0.2, -0.15) is 0 Å². The van der Waals surface area contributed by atoms with Crippen LogP contribution in [-0.4, -0.2) is 17.6 Å². The van der Waals surface area contributed by atoms with Crippen LogP contribution in [0.5, 0.6) is 0 Å². The van der Waals surface area contributed by atoms with Crippen molar-refractivity contribution in [2.75, 3.05) is 10.0 Å². The quantitative estimate of drug-likeness (QED) is 0.285. The second-order valence-electron chi connectivity index (χ2n) is 8.06. The first-order valence-electron chi connectivity index (χ1n) is 11.0. The maximum Gasteiger partial charge on any atom is 0.259 e. The summed E-state index contributed by atoms with van der Waals surface area (Å²) in [6.07, 6.45) is 1.45. The van der Waals surface area contributed by atoms with E-state index in [0.717, 1.165) is 0 Å². The SMILES string of the molecule is O=C(CC(c1ccco1)C1C(=O)N(c2ccccc2)N(c2ccccc2)C1=O)c1ccccc1. The van der Waals surface area contributed by atoms with E-state index >= 15 is 0 Å². The van der Waals surface area contributed by atoms with Gasteiger partial charge in [-0.25, -0.2) is 10.0 Å². The highest BCUT2D eigenvalue weighted by Gasteiger charge is 2.52. The van der Waals surface area contributed by atoms with Gasteiger partial charge in [-0.05, 0) is 36.4 Å². The van der Waals surface area contributed by atoms with Gasteiger partial charge in [0.25, 0.3) is 11.8 Å². The van der Waals surface area contributed by atoms with Crippen LogP contribution in [0.4, 0.5) is 11.4 Å². The average molecular weight is 450 g/mol. The molecule has 1 aliphatic rings. The molecular weight excluding hydrogens is 428 g/mol. The zero-order valence-electron chi connectivity index (χ0n) is 18.3. The van der Waals surface area contributed by atoms with E-state index in [1.54, 1.807) is 60.7 Å². The van der Waals surface area contributed by atoms with E-state index in [9.17, 15) is 14.4 Å². The molecule has 1 aliphatic heterocycles. The van der Waals surface area contributed by atoms with Crippen LogP contribution in [0.25, 0.3) is 0 Å². The van der Waals surface area contributed by atoms with Crippen LogP contribution in [0.2, 0.25) is 0 Å². The van der Waals surface area contributed by atoms with Crippen LogP contribution in [0.15, 0.2) is 114 Å². The van der Waals surface area contributed by atoms with E-state index in [4.69, 9.17) is 4.42 Å². The van der Waals surface area contributed by atoms with Crippen LogP contribution in [-0.2, 0) is 9.59 Å². The number of carbonyl (C=O) groups excluding carboxylic acids is 3. The van der Waals surface area contributed by atoms with Gasteiger partial charge < -0.3 is 4.42 Å². The smallest absolute Gasteiger partial charge is 0.259 e. The summed E-state index contributed by atoms with van der Waals surface area (Å²) in [6.45, 7) is 0. The van der Waals surface area contributed by atoms with E-state index in [1.165, 1.54) is 16.3 Å². The summed E-state index contributed by atoms with van der Waals surface area (Å²) in [4.78, 5) is 40.9. The van der Waals surface area contributed by atoms with Gasteiger partial charge in [-0.15, -0.1) is 0 Å². The second-order valence-corrected chi connectivity index (χ2v) is 8.06. The third-order valence-electron chi connectivity index (χ3n) is 5.96. The van der Waals surface area contributed by atoms with Crippen molar-refractivity contribution >= 4 is 29.0 Å². The van der Waals surface area contributed by atoms with Crippen molar-refractivity contribution in [3.63, 3.8) is 0 Å². The molecule has 1 atom stereocenters. The summed E-state index contributed by atoms with van der Waals surface area (Å²) in [5, 5.41) is 2.79. The molecule has 168 valence electrons. The number of hydrogen-bond donors (Lipinski definition) is 0. The molecule has 1 unspecified atom stereocenters. The third-order valence-corrected chi connectivity index (χ3v) is 5.96. The number of nitrogens with zero attached hydrogens (tertiary/aromatic N) is 2. The Hall–Kier alpha value is -4.45. The van der Waals surface area contributed by atoms with Crippen molar-refractivity contribution in [1.82, 2.24) is 0 Å². The van der Waals surface area contributed by atoms with Gasteiger partial charge in [0.2, 0.25) is 0 Å². The Kier molecular flexibility index (Phi) is 5.79. The molecule has 0 saturated carbocycles. The first kappa shape index (κ1) is 21.4. The summed E-state index contributed by atoms with van der Waals surface area (Å²) >= 11 is 0. The number of carbonyl (C=O) groups is 3. The van der Waals surface area contributed by atoms with Crippen molar-refractivity contribution in [3.05, 3.63) is 121 Å². The minimum atomic E-state index is -1.11. The Labute approximate surface area is 197 Å². The molecule has 6 nitrogen and oxygen atoms in total. The average Bonchev–Trinajstić information content (AvgIpc) is 3.51. The van der Waals surface area contributed by atoms with Crippen LogP contribution >= 0.6 is 0 Å². The fourth-order valence-electron chi connectivity index (χ4n) is 4.36. The number of hydrazine groups is 1. The van der Waals surface area contributed by atoms with E-state index in [2.05, 4.69) is 0 Å². The molecule has 1 fully saturated rings. The summed E-state index contributed by atoms with van der Waals surface area (Å²) in [7, 11) is 0. The number of anilines is 2. The normalized spacial score (nSPS) is 15.1. The van der Waals surface area contributed by atoms with Crippen LogP contribution in [0.1, 0.15) is 28.5 Å². The molecule has 0 N–H and O–H groups in total. The lowest BCUT2D eigenvalue weighted by molar-refractivity contribution is -0.128. The topological polar surface area (TPSA) is 70.8 Å². The van der Waals surface area contributed by atoms with Crippen molar-refractivity contribution < 1.29 is 18.8 Å². The number of rotatable bonds is 7. The molecule has 3 aromatic carbocycles. The van der Waals surface area contributed by atoms with Gasteiger partial charge in [0.15, 0.2) is 5.78 Å². The Balaban J connectivity index is 1.58. The summed E-state index contributed by atoms with van der Waals surface area (Å²) in [5.41, 5.74) is 1.66. The van der Waals surface area contributed by atoms with Gasteiger partial charge >= 0.3 is 0 Å². The van der Waals surface area contributed by atoms with Crippen LogP contribution < -0.4 is 10.0 Å². The minimum absolute atomic E-state index is 0.0368. The lowest BCUT2D eigenvalue weighted by Gasteiger charge is -2.27. The molecular formula is C28H22N2O4. The molecule has 34 heavy (non-hydrogen) atoms. The summed E-state index contributed by atoms with van der Waals surface area (Å²) in [5.74, 6) is -2.39. The highest BCUT2D eigenvalue weighted by Crippen LogP contribution is 2.40. The van der Waals surface area contributed by atoms with Gasteiger partial charge in [-0.3, -0.25) is 14.4 Å². The number of ketones is 1. The van der Waals surface area contributed by atoms with E-state index < -0.39 is 23.7 Å². The molecule has 0 radical (unpaired) electrons. The minimum Gasteiger partial charge on any atom is -0.469 e. The third kappa shape index (κ3) is 3.90. The molecule has 2 amide bonds. The molecule has 2 heterocycles. The lowest BCUT2D eigenvalue weighted by atomic mass is 9.84. The highest BCUT2D eigenvalue weighted by atomic mass is 16.3. The fourth-order valence-corrected chi connectivity index (χ4v) is 4.36. The molecule has 0 aliphatic carbocycles. The first-order valence-corrected chi connectivity index (χ1v) is 11.0. The predicted molar refractivity (Wildman–Crippen MR) is 128 cm³/mol. The van der Waals surface area contributed by atoms with E-state index in [0.29, 0.717) is 22.7 Å². The Morgan fingerprint density at radius 3 is 1.68 bits per heavy atom. The summed E-state index contributed by atoms with van der Waals surface area (Å²) in [6, 6.07) is 30.3. The molecule has 1 aromatic heterocycles. The number of furan rings is 1. The van der Waals surface area contributed by atoms with Crippen molar-refractivity contribution in [3.8, 4) is 0 Å². The molecule has 0 spiro atoms. The molecule has 0 bridgehead atoms.